The first-order chi connectivity index (χ1) is 14.1. The van der Waals surface area contributed by atoms with Crippen molar-refractivity contribution in [3.63, 3.8) is 0 Å². The minimum Gasteiger partial charge on any atom is -0.480 e. The van der Waals surface area contributed by atoms with Crippen LogP contribution in [0.15, 0.2) is 42.7 Å². The predicted molar refractivity (Wildman–Crippen MR) is 126 cm³/mol. The van der Waals surface area contributed by atoms with Gasteiger partial charge in [0, 0.05) is 25.5 Å². The second-order valence-corrected chi connectivity index (χ2v) is 7.83. The van der Waals surface area contributed by atoms with Gasteiger partial charge in [0.15, 0.2) is 5.13 Å². The predicted octanol–water partition coefficient (Wildman–Crippen LogP) is 4.18. The van der Waals surface area contributed by atoms with E-state index in [1.54, 1.807) is 17.5 Å². The Bertz CT molecular complexity index is 1020. The van der Waals surface area contributed by atoms with Gasteiger partial charge in [0.25, 0.3) is 0 Å². The average molecular weight is 484 g/mol. The van der Waals surface area contributed by atoms with Crippen LogP contribution in [0.1, 0.15) is 12.0 Å². The molecule has 2 N–H and O–H groups in total. The summed E-state index contributed by atoms with van der Waals surface area (Å²) in [6.45, 7) is 3.20. The topological polar surface area (TPSA) is 100 Å². The van der Waals surface area contributed by atoms with Crippen molar-refractivity contribution in [2.24, 2.45) is 0 Å². The fraction of sp³-hybridized carbons (Fsp3) is 0.300. The zero-order valence-corrected chi connectivity index (χ0v) is 19.2. The minimum atomic E-state index is -0.944. The monoisotopic (exact) mass is 483 g/mol. The van der Waals surface area contributed by atoms with E-state index in [1.807, 2.05) is 43.5 Å². The van der Waals surface area contributed by atoms with Crippen molar-refractivity contribution in [2.45, 2.75) is 19.4 Å². The maximum atomic E-state index is 10.7. The average Bonchev–Trinajstić information content (AvgIpc) is 3.36. The molecule has 31 heavy (non-hydrogen) atoms. The van der Waals surface area contributed by atoms with Crippen LogP contribution in [0.5, 0.6) is 0 Å². The van der Waals surface area contributed by atoms with E-state index < -0.39 is 5.97 Å². The van der Waals surface area contributed by atoms with Crippen molar-refractivity contribution >= 4 is 58.9 Å². The van der Waals surface area contributed by atoms with E-state index >= 15 is 0 Å². The Morgan fingerprint density at radius 1 is 1.29 bits per heavy atom. The van der Waals surface area contributed by atoms with E-state index in [2.05, 4.69) is 25.2 Å². The zero-order chi connectivity index (χ0) is 20.2. The van der Waals surface area contributed by atoms with Crippen LogP contribution in [0.25, 0.3) is 10.6 Å². The molecule has 0 amide bonds. The largest absolute Gasteiger partial charge is 0.480 e. The number of hydrogen-bond donors (Lipinski definition) is 2. The summed E-state index contributed by atoms with van der Waals surface area (Å²) >= 11 is 1.56. The lowest BCUT2D eigenvalue weighted by Crippen LogP contribution is -2.24. The third-order valence-corrected chi connectivity index (χ3v) is 5.61. The third-order valence-electron chi connectivity index (χ3n) is 4.52. The molecule has 0 unspecified atom stereocenters. The summed E-state index contributed by atoms with van der Waals surface area (Å²) in [7, 11) is 0. The molecule has 1 atom stereocenters. The van der Waals surface area contributed by atoms with Crippen LogP contribution in [0.2, 0.25) is 0 Å². The number of aliphatic carboxylic acids is 1. The van der Waals surface area contributed by atoms with Crippen LogP contribution in [0.3, 0.4) is 0 Å². The van der Waals surface area contributed by atoms with Gasteiger partial charge in [-0.05, 0) is 43.2 Å². The smallest absolute Gasteiger partial charge is 0.329 e. The fourth-order valence-electron chi connectivity index (χ4n) is 3.13. The summed E-state index contributed by atoms with van der Waals surface area (Å²) in [5.74, 6) is 0.531. The molecule has 166 valence electrons. The van der Waals surface area contributed by atoms with Gasteiger partial charge in [0.1, 0.15) is 18.2 Å². The number of halogens is 2. The number of pyridine rings is 2. The van der Waals surface area contributed by atoms with Gasteiger partial charge >= 0.3 is 5.97 Å². The molecule has 0 bridgehead atoms. The van der Waals surface area contributed by atoms with Gasteiger partial charge in [-0.15, -0.1) is 24.8 Å². The first-order valence-corrected chi connectivity index (χ1v) is 10.1. The molecule has 4 heterocycles. The molecule has 0 saturated carbocycles. The number of rotatable bonds is 7. The molecule has 3 aromatic rings. The first kappa shape index (κ1) is 24.8. The molecule has 1 aliphatic heterocycles. The SMILES string of the molecule is Cc1ccnc(Nc2cccc(-c3cnc(N4CC[C@@H](OCC(=O)O)C4)s3)n2)c1.Cl.Cl. The number of ether oxygens (including phenoxy) is 1. The highest BCUT2D eigenvalue weighted by Crippen LogP contribution is 2.32. The summed E-state index contributed by atoms with van der Waals surface area (Å²) in [5.41, 5.74) is 1.96. The van der Waals surface area contributed by atoms with Crippen molar-refractivity contribution < 1.29 is 14.6 Å². The Labute approximate surface area is 196 Å². The lowest BCUT2D eigenvalue weighted by molar-refractivity contribution is -0.143. The number of anilines is 3. The number of carbonyl (C=O) groups is 1. The first-order valence-electron chi connectivity index (χ1n) is 9.28. The maximum Gasteiger partial charge on any atom is 0.329 e. The molecule has 1 aliphatic rings. The maximum absolute atomic E-state index is 10.7. The van der Waals surface area contributed by atoms with Gasteiger partial charge in [-0.1, -0.05) is 17.4 Å². The molecule has 0 spiro atoms. The Kier molecular flexibility index (Phi) is 9.00. The van der Waals surface area contributed by atoms with Crippen molar-refractivity contribution in [1.29, 1.82) is 0 Å². The van der Waals surface area contributed by atoms with Crippen molar-refractivity contribution in [3.05, 3.63) is 48.3 Å². The molecular formula is C20H23Cl2N5O3S. The highest BCUT2D eigenvalue weighted by atomic mass is 35.5. The molecule has 1 fully saturated rings. The number of aryl methyl sites for hydroxylation is 1. The summed E-state index contributed by atoms with van der Waals surface area (Å²) < 4.78 is 5.40. The molecule has 0 aliphatic carbocycles. The quantitative estimate of drug-likeness (QED) is 0.516. The molecule has 1 saturated heterocycles. The number of nitrogens with one attached hydrogen (secondary N) is 1. The van der Waals surface area contributed by atoms with E-state index in [0.29, 0.717) is 6.54 Å². The summed E-state index contributed by atoms with van der Waals surface area (Å²) in [4.78, 5) is 27.3. The van der Waals surface area contributed by atoms with Crippen LogP contribution in [-0.4, -0.2) is 51.8 Å². The molecule has 0 radical (unpaired) electrons. The van der Waals surface area contributed by atoms with E-state index in [0.717, 1.165) is 45.9 Å². The number of thiazole rings is 1. The van der Waals surface area contributed by atoms with E-state index in [9.17, 15) is 4.79 Å². The zero-order valence-electron chi connectivity index (χ0n) is 16.7. The van der Waals surface area contributed by atoms with Gasteiger partial charge in [0.2, 0.25) is 0 Å². The van der Waals surface area contributed by atoms with E-state index in [-0.39, 0.29) is 37.5 Å². The molecule has 8 nitrogen and oxygen atoms in total. The summed E-state index contributed by atoms with van der Waals surface area (Å²) in [6, 6.07) is 9.72. The molecule has 3 aromatic heterocycles. The Balaban J connectivity index is 0.00000171. The second kappa shape index (κ2) is 11.2. The van der Waals surface area contributed by atoms with Gasteiger partial charge < -0.3 is 20.1 Å². The van der Waals surface area contributed by atoms with E-state index in [4.69, 9.17) is 9.84 Å². The Hall–Kier alpha value is -2.46. The Morgan fingerprint density at radius 3 is 2.90 bits per heavy atom. The number of aromatic nitrogens is 3. The molecule has 11 heteroatoms. The van der Waals surface area contributed by atoms with Crippen LogP contribution in [-0.2, 0) is 9.53 Å². The van der Waals surface area contributed by atoms with Crippen molar-refractivity contribution in [1.82, 2.24) is 15.0 Å². The third kappa shape index (κ3) is 6.51. The second-order valence-electron chi connectivity index (χ2n) is 6.82. The van der Waals surface area contributed by atoms with Crippen LogP contribution in [0, 0.1) is 6.92 Å². The molecule has 0 aromatic carbocycles. The highest BCUT2D eigenvalue weighted by molar-refractivity contribution is 7.18. The number of hydrogen-bond acceptors (Lipinski definition) is 8. The van der Waals surface area contributed by atoms with Gasteiger partial charge in [0.05, 0.1) is 16.7 Å². The summed E-state index contributed by atoms with van der Waals surface area (Å²) in [5, 5.41) is 12.9. The number of nitrogens with zero attached hydrogens (tertiary/aromatic N) is 4. The number of carboxylic acid groups (broad SMARTS) is 1. The lowest BCUT2D eigenvalue weighted by atomic mass is 10.3. The highest BCUT2D eigenvalue weighted by Gasteiger charge is 2.26. The summed E-state index contributed by atoms with van der Waals surface area (Å²) in [6.07, 6.45) is 4.30. The minimum absolute atomic E-state index is 0. The Morgan fingerprint density at radius 2 is 2.13 bits per heavy atom. The van der Waals surface area contributed by atoms with Crippen LogP contribution in [0.4, 0.5) is 16.8 Å². The van der Waals surface area contributed by atoms with Crippen LogP contribution < -0.4 is 10.2 Å². The van der Waals surface area contributed by atoms with E-state index in [1.165, 1.54) is 0 Å². The van der Waals surface area contributed by atoms with Crippen molar-refractivity contribution in [2.75, 3.05) is 29.9 Å². The molecular weight excluding hydrogens is 461 g/mol. The van der Waals surface area contributed by atoms with Crippen LogP contribution >= 0.6 is 36.2 Å². The fourth-order valence-corrected chi connectivity index (χ4v) is 4.05. The van der Waals surface area contributed by atoms with Gasteiger partial charge in [-0.3, -0.25) is 0 Å². The van der Waals surface area contributed by atoms with Gasteiger partial charge in [-0.2, -0.15) is 0 Å². The van der Waals surface area contributed by atoms with Crippen molar-refractivity contribution in [3.8, 4) is 10.6 Å². The lowest BCUT2D eigenvalue weighted by Gasteiger charge is -2.14. The molecule has 4 rings (SSSR count). The standard InChI is InChI=1S/C20H21N5O3S.2ClH/c1-13-5-7-21-18(9-13)24-17-4-2-3-15(23-17)16-10-22-20(29-16)25-8-6-14(11-25)28-12-19(26)27;;/h2-5,7,9-10,14H,6,8,11-12H2,1H3,(H,26,27)(H,21,23,24);2*1H/t14-;;/m1../s1. The number of carboxylic acids is 1. The van der Waals surface area contributed by atoms with Gasteiger partial charge in [-0.25, -0.2) is 19.7 Å². The normalized spacial score (nSPS) is 15.1.